The molecule has 0 spiro atoms. The highest BCUT2D eigenvalue weighted by Gasteiger charge is 2.12. The quantitative estimate of drug-likeness (QED) is 0.434. The van der Waals surface area contributed by atoms with Crippen LogP contribution in [-0.4, -0.2) is 38.9 Å². The molecule has 0 radical (unpaired) electrons. The lowest BCUT2D eigenvalue weighted by molar-refractivity contribution is -0.113. The summed E-state index contributed by atoms with van der Waals surface area (Å²) < 4.78 is 5.17. The van der Waals surface area contributed by atoms with Gasteiger partial charge in [0.05, 0.1) is 17.4 Å². The van der Waals surface area contributed by atoms with Crippen LogP contribution in [-0.2, 0) is 16.0 Å². The average molecular weight is 410 g/mol. The molecule has 29 heavy (non-hydrogen) atoms. The molecular formula is C21H22N4O3S. The molecule has 0 bridgehead atoms. The molecule has 0 fully saturated rings. The standard InChI is InChI=1S/C21H22N4O3S/c1-14(2)28-20(27)16-9-6-10-17(12-16)22-19(26)13-29-21-23-18(24-25-21)11-15-7-4-3-5-8-15/h3-10,12,14H,11,13H2,1-2H3,(H,22,26)(H,23,24,25). The van der Waals surface area contributed by atoms with Crippen LogP contribution in [0.5, 0.6) is 0 Å². The first kappa shape index (κ1) is 20.6. The molecule has 3 rings (SSSR count). The third-order valence-corrected chi connectivity index (χ3v) is 4.63. The van der Waals surface area contributed by atoms with Crippen molar-refractivity contribution in [2.45, 2.75) is 31.5 Å². The van der Waals surface area contributed by atoms with Gasteiger partial charge in [-0.25, -0.2) is 9.78 Å². The molecule has 1 amide bonds. The van der Waals surface area contributed by atoms with Crippen LogP contribution in [0.1, 0.15) is 35.6 Å². The van der Waals surface area contributed by atoms with Crippen LogP contribution in [0.2, 0.25) is 0 Å². The van der Waals surface area contributed by atoms with Crippen molar-refractivity contribution in [3.63, 3.8) is 0 Å². The van der Waals surface area contributed by atoms with E-state index in [9.17, 15) is 9.59 Å². The highest BCUT2D eigenvalue weighted by molar-refractivity contribution is 7.99. The number of nitrogens with zero attached hydrogens (tertiary/aromatic N) is 2. The van der Waals surface area contributed by atoms with E-state index in [0.717, 1.165) is 11.4 Å². The fourth-order valence-electron chi connectivity index (χ4n) is 2.54. The molecule has 0 aliphatic carbocycles. The molecule has 0 unspecified atom stereocenters. The van der Waals surface area contributed by atoms with Gasteiger partial charge in [0.1, 0.15) is 5.82 Å². The number of carbonyl (C=O) groups is 2. The largest absolute Gasteiger partial charge is 0.459 e. The second-order valence-electron chi connectivity index (χ2n) is 6.60. The maximum Gasteiger partial charge on any atom is 0.338 e. The first-order valence-corrected chi connectivity index (χ1v) is 10.2. The number of hydrogen-bond acceptors (Lipinski definition) is 6. The summed E-state index contributed by atoms with van der Waals surface area (Å²) in [6, 6.07) is 16.6. The number of rotatable bonds is 8. The van der Waals surface area contributed by atoms with Gasteiger partial charge >= 0.3 is 5.97 Å². The molecule has 0 saturated heterocycles. The number of carbonyl (C=O) groups excluding carboxylic acids is 2. The lowest BCUT2D eigenvalue weighted by atomic mass is 10.1. The number of H-pyrrole nitrogens is 1. The molecular weight excluding hydrogens is 388 g/mol. The molecule has 0 saturated carbocycles. The van der Waals surface area contributed by atoms with Gasteiger partial charge in [0.25, 0.3) is 0 Å². The number of anilines is 1. The monoisotopic (exact) mass is 410 g/mol. The number of aromatic nitrogens is 3. The molecule has 2 aromatic carbocycles. The van der Waals surface area contributed by atoms with Crippen LogP contribution in [0.4, 0.5) is 5.69 Å². The van der Waals surface area contributed by atoms with Crippen molar-refractivity contribution in [3.05, 3.63) is 71.5 Å². The minimum absolute atomic E-state index is 0.156. The Hall–Kier alpha value is -3.13. The fraction of sp³-hybridized carbons (Fsp3) is 0.238. The third-order valence-electron chi connectivity index (χ3n) is 3.78. The molecule has 0 atom stereocenters. The van der Waals surface area contributed by atoms with E-state index in [1.807, 2.05) is 30.3 Å². The van der Waals surface area contributed by atoms with Crippen LogP contribution >= 0.6 is 11.8 Å². The molecule has 0 aliphatic rings. The van der Waals surface area contributed by atoms with E-state index in [1.165, 1.54) is 11.8 Å². The van der Waals surface area contributed by atoms with Crippen molar-refractivity contribution in [2.24, 2.45) is 0 Å². The Bertz CT molecular complexity index is 973. The Morgan fingerprint density at radius 1 is 1.14 bits per heavy atom. The number of benzene rings is 2. The lowest BCUT2D eigenvalue weighted by Gasteiger charge is -2.09. The van der Waals surface area contributed by atoms with Crippen LogP contribution < -0.4 is 5.32 Å². The smallest absolute Gasteiger partial charge is 0.338 e. The zero-order chi connectivity index (χ0) is 20.6. The Kier molecular flexibility index (Phi) is 7.02. The molecule has 0 aliphatic heterocycles. The van der Waals surface area contributed by atoms with E-state index in [4.69, 9.17) is 4.74 Å². The molecule has 1 heterocycles. The number of aromatic amines is 1. The van der Waals surface area contributed by atoms with Crippen molar-refractivity contribution >= 4 is 29.3 Å². The summed E-state index contributed by atoms with van der Waals surface area (Å²) in [5.41, 5.74) is 2.06. The summed E-state index contributed by atoms with van der Waals surface area (Å²) in [7, 11) is 0. The van der Waals surface area contributed by atoms with Crippen molar-refractivity contribution in [1.82, 2.24) is 15.2 Å². The molecule has 8 heteroatoms. The van der Waals surface area contributed by atoms with E-state index < -0.39 is 5.97 Å². The maximum absolute atomic E-state index is 12.2. The number of ether oxygens (including phenoxy) is 1. The summed E-state index contributed by atoms with van der Waals surface area (Å²) in [6.45, 7) is 3.57. The number of hydrogen-bond donors (Lipinski definition) is 2. The molecule has 7 nitrogen and oxygen atoms in total. The summed E-state index contributed by atoms with van der Waals surface area (Å²) in [4.78, 5) is 28.6. The van der Waals surface area contributed by atoms with E-state index in [2.05, 4.69) is 20.5 Å². The molecule has 2 N–H and O–H groups in total. The second-order valence-corrected chi connectivity index (χ2v) is 7.54. The van der Waals surface area contributed by atoms with Crippen molar-refractivity contribution in [3.8, 4) is 0 Å². The zero-order valence-electron chi connectivity index (χ0n) is 16.2. The van der Waals surface area contributed by atoms with Crippen LogP contribution in [0, 0.1) is 0 Å². The average Bonchev–Trinajstić information content (AvgIpc) is 3.14. The van der Waals surface area contributed by atoms with E-state index in [0.29, 0.717) is 22.8 Å². The topological polar surface area (TPSA) is 97.0 Å². The van der Waals surface area contributed by atoms with Crippen molar-refractivity contribution in [1.29, 1.82) is 0 Å². The van der Waals surface area contributed by atoms with Gasteiger partial charge in [-0.2, -0.15) is 0 Å². The van der Waals surface area contributed by atoms with Gasteiger partial charge in [0.2, 0.25) is 11.1 Å². The predicted octanol–water partition coefficient (Wildman–Crippen LogP) is 3.69. The Morgan fingerprint density at radius 3 is 2.69 bits per heavy atom. The highest BCUT2D eigenvalue weighted by atomic mass is 32.2. The Balaban J connectivity index is 1.51. The van der Waals surface area contributed by atoms with Gasteiger partial charge in [-0.1, -0.05) is 48.2 Å². The molecule has 3 aromatic rings. The van der Waals surface area contributed by atoms with E-state index in [1.54, 1.807) is 38.1 Å². The van der Waals surface area contributed by atoms with Crippen LogP contribution in [0.15, 0.2) is 59.8 Å². The van der Waals surface area contributed by atoms with Gasteiger partial charge in [0, 0.05) is 12.1 Å². The molecule has 150 valence electrons. The summed E-state index contributed by atoms with van der Waals surface area (Å²) >= 11 is 1.24. The number of amides is 1. The SMILES string of the molecule is CC(C)OC(=O)c1cccc(NC(=O)CSc2n[nH]c(Cc3ccccc3)n2)c1. The van der Waals surface area contributed by atoms with Crippen LogP contribution in [0.3, 0.4) is 0 Å². The van der Waals surface area contributed by atoms with E-state index >= 15 is 0 Å². The van der Waals surface area contributed by atoms with Crippen molar-refractivity contribution < 1.29 is 14.3 Å². The van der Waals surface area contributed by atoms with Gasteiger partial charge in [-0.05, 0) is 37.6 Å². The first-order chi connectivity index (χ1) is 14.0. The minimum Gasteiger partial charge on any atom is -0.459 e. The Labute approximate surface area is 173 Å². The van der Waals surface area contributed by atoms with Gasteiger partial charge in [-0.15, -0.1) is 5.10 Å². The predicted molar refractivity (Wildman–Crippen MR) is 112 cm³/mol. The van der Waals surface area contributed by atoms with Gasteiger partial charge in [-0.3, -0.25) is 9.89 Å². The highest BCUT2D eigenvalue weighted by Crippen LogP contribution is 2.16. The van der Waals surface area contributed by atoms with Crippen LogP contribution in [0.25, 0.3) is 0 Å². The third kappa shape index (κ3) is 6.46. The van der Waals surface area contributed by atoms with Gasteiger partial charge in [0.15, 0.2) is 0 Å². The van der Waals surface area contributed by atoms with Gasteiger partial charge < -0.3 is 10.1 Å². The minimum atomic E-state index is -0.419. The van der Waals surface area contributed by atoms with Crippen molar-refractivity contribution in [2.75, 3.05) is 11.1 Å². The maximum atomic E-state index is 12.2. The summed E-state index contributed by atoms with van der Waals surface area (Å²) in [5, 5.41) is 10.3. The van der Waals surface area contributed by atoms with E-state index in [-0.39, 0.29) is 17.8 Å². The summed E-state index contributed by atoms with van der Waals surface area (Å²) in [5.74, 6) is 0.273. The zero-order valence-corrected chi connectivity index (χ0v) is 17.0. The second kappa shape index (κ2) is 9.88. The number of esters is 1. The lowest BCUT2D eigenvalue weighted by Crippen LogP contribution is -2.15. The molecule has 1 aromatic heterocycles. The number of thioether (sulfide) groups is 1. The summed E-state index contributed by atoms with van der Waals surface area (Å²) in [6.07, 6.45) is 0.449. The Morgan fingerprint density at radius 2 is 1.93 bits per heavy atom. The normalized spacial score (nSPS) is 10.7. The fourth-order valence-corrected chi connectivity index (χ4v) is 3.16. The first-order valence-electron chi connectivity index (χ1n) is 9.18. The number of nitrogens with one attached hydrogen (secondary N) is 2.